The number of nitrogens with zero attached hydrogens (tertiary/aromatic N) is 4. The number of amides is 1. The molecule has 1 atom stereocenters. The molecule has 1 amide bonds. The first-order valence-corrected chi connectivity index (χ1v) is 9.66. The molecule has 0 unspecified atom stereocenters. The molecule has 1 aliphatic rings. The number of carbonyl (C=O) groups is 1. The van der Waals surface area contributed by atoms with E-state index in [4.69, 9.17) is 0 Å². The van der Waals surface area contributed by atoms with Crippen LogP contribution in [0, 0.1) is 6.92 Å². The fraction of sp³-hybridized carbons (Fsp3) is 0.455. The predicted octanol–water partition coefficient (Wildman–Crippen LogP) is 2.85. The van der Waals surface area contributed by atoms with Crippen LogP contribution in [-0.4, -0.2) is 67.0 Å². The van der Waals surface area contributed by atoms with Crippen LogP contribution in [0.25, 0.3) is 0 Å². The van der Waals surface area contributed by atoms with Gasteiger partial charge in [0.2, 0.25) is 0 Å². The van der Waals surface area contributed by atoms with Crippen LogP contribution in [0.3, 0.4) is 0 Å². The fourth-order valence-corrected chi connectivity index (χ4v) is 3.43. The van der Waals surface area contributed by atoms with Crippen molar-refractivity contribution in [1.29, 1.82) is 0 Å². The number of piperazine rings is 1. The van der Waals surface area contributed by atoms with E-state index in [1.165, 1.54) is 11.3 Å². The van der Waals surface area contributed by atoms with Gasteiger partial charge in [-0.15, -0.1) is 0 Å². The van der Waals surface area contributed by atoms with E-state index in [0.29, 0.717) is 0 Å². The SMILES string of the molecule is Cc1ccnc(C[C@H](C)N(C)C(=O)c2ccc(N3CCN(C)CC3)cc2)c1. The zero-order valence-electron chi connectivity index (χ0n) is 16.9. The molecule has 2 heterocycles. The summed E-state index contributed by atoms with van der Waals surface area (Å²) >= 11 is 0. The lowest BCUT2D eigenvalue weighted by atomic mass is 10.1. The Bertz CT molecular complexity index is 766. The molecule has 0 bridgehead atoms. The average Bonchev–Trinajstić information content (AvgIpc) is 2.67. The van der Waals surface area contributed by atoms with E-state index >= 15 is 0 Å². The molecule has 27 heavy (non-hydrogen) atoms. The molecule has 1 aromatic heterocycles. The summed E-state index contributed by atoms with van der Waals surface area (Å²) < 4.78 is 0. The van der Waals surface area contributed by atoms with Gasteiger partial charge in [-0.3, -0.25) is 9.78 Å². The lowest BCUT2D eigenvalue weighted by molar-refractivity contribution is 0.0743. The molecule has 1 fully saturated rings. The van der Waals surface area contributed by atoms with Crippen molar-refractivity contribution < 1.29 is 4.79 Å². The molecule has 1 saturated heterocycles. The maximum atomic E-state index is 12.9. The van der Waals surface area contributed by atoms with E-state index in [1.54, 1.807) is 0 Å². The smallest absolute Gasteiger partial charge is 0.253 e. The van der Waals surface area contributed by atoms with Crippen molar-refractivity contribution in [1.82, 2.24) is 14.8 Å². The van der Waals surface area contributed by atoms with Gasteiger partial charge in [-0.1, -0.05) is 0 Å². The minimum absolute atomic E-state index is 0.0556. The van der Waals surface area contributed by atoms with Crippen molar-refractivity contribution in [2.45, 2.75) is 26.3 Å². The molecule has 0 radical (unpaired) electrons. The van der Waals surface area contributed by atoms with E-state index in [2.05, 4.69) is 53.9 Å². The van der Waals surface area contributed by atoms with E-state index in [-0.39, 0.29) is 11.9 Å². The van der Waals surface area contributed by atoms with Crippen LogP contribution >= 0.6 is 0 Å². The highest BCUT2D eigenvalue weighted by Gasteiger charge is 2.19. The first-order chi connectivity index (χ1) is 12.9. The van der Waals surface area contributed by atoms with E-state index < -0.39 is 0 Å². The van der Waals surface area contributed by atoms with Gasteiger partial charge in [0, 0.05) is 68.8 Å². The number of likely N-dealkylation sites (N-methyl/N-ethyl adjacent to an activating group) is 2. The summed E-state index contributed by atoms with van der Waals surface area (Å²) in [5, 5.41) is 0. The van der Waals surface area contributed by atoms with Gasteiger partial charge < -0.3 is 14.7 Å². The molecular formula is C22H30N4O. The van der Waals surface area contributed by atoms with Crippen LogP contribution in [-0.2, 0) is 6.42 Å². The third kappa shape index (κ3) is 4.86. The summed E-state index contributed by atoms with van der Waals surface area (Å²) in [6, 6.07) is 12.2. The lowest BCUT2D eigenvalue weighted by Crippen LogP contribution is -2.44. The highest BCUT2D eigenvalue weighted by Crippen LogP contribution is 2.18. The van der Waals surface area contributed by atoms with Gasteiger partial charge in [-0.25, -0.2) is 0 Å². The number of carbonyl (C=O) groups excluding carboxylic acids is 1. The van der Waals surface area contributed by atoms with Crippen molar-refractivity contribution in [3.63, 3.8) is 0 Å². The Morgan fingerprint density at radius 1 is 1.15 bits per heavy atom. The second-order valence-electron chi connectivity index (χ2n) is 7.63. The van der Waals surface area contributed by atoms with Crippen molar-refractivity contribution in [2.75, 3.05) is 45.2 Å². The molecule has 0 saturated carbocycles. The zero-order valence-corrected chi connectivity index (χ0v) is 16.9. The number of anilines is 1. The highest BCUT2D eigenvalue weighted by atomic mass is 16.2. The molecule has 3 rings (SSSR count). The average molecular weight is 367 g/mol. The van der Waals surface area contributed by atoms with Crippen LogP contribution in [0.15, 0.2) is 42.6 Å². The normalized spacial score (nSPS) is 16.2. The number of benzene rings is 1. The molecule has 1 aromatic carbocycles. The Balaban J connectivity index is 1.62. The summed E-state index contributed by atoms with van der Waals surface area (Å²) in [7, 11) is 4.03. The van der Waals surface area contributed by atoms with Gasteiger partial charge in [-0.05, 0) is 62.9 Å². The molecule has 5 heteroatoms. The van der Waals surface area contributed by atoms with Crippen molar-refractivity contribution in [3.05, 3.63) is 59.4 Å². The predicted molar refractivity (Wildman–Crippen MR) is 110 cm³/mol. The van der Waals surface area contributed by atoms with E-state index in [0.717, 1.165) is 43.9 Å². The van der Waals surface area contributed by atoms with Gasteiger partial charge in [0.15, 0.2) is 0 Å². The quantitative estimate of drug-likeness (QED) is 0.816. The fourth-order valence-electron chi connectivity index (χ4n) is 3.43. The number of aromatic nitrogens is 1. The minimum Gasteiger partial charge on any atom is -0.369 e. The molecule has 5 nitrogen and oxygen atoms in total. The summed E-state index contributed by atoms with van der Waals surface area (Å²) in [6.07, 6.45) is 2.58. The highest BCUT2D eigenvalue weighted by molar-refractivity contribution is 5.94. The molecular weight excluding hydrogens is 336 g/mol. The maximum absolute atomic E-state index is 12.9. The third-order valence-corrected chi connectivity index (χ3v) is 5.44. The van der Waals surface area contributed by atoms with Gasteiger partial charge in [0.05, 0.1) is 0 Å². The Kier molecular flexibility index (Phi) is 6.11. The van der Waals surface area contributed by atoms with Crippen LogP contribution in [0.1, 0.15) is 28.5 Å². The molecule has 1 aliphatic heterocycles. The van der Waals surface area contributed by atoms with Crippen molar-refractivity contribution >= 4 is 11.6 Å². The number of hydrogen-bond acceptors (Lipinski definition) is 4. The zero-order chi connectivity index (χ0) is 19.4. The molecule has 0 aliphatic carbocycles. The topological polar surface area (TPSA) is 39.7 Å². The Morgan fingerprint density at radius 3 is 2.44 bits per heavy atom. The van der Waals surface area contributed by atoms with Gasteiger partial charge >= 0.3 is 0 Å². The van der Waals surface area contributed by atoms with E-state index in [1.807, 2.05) is 36.3 Å². The van der Waals surface area contributed by atoms with Crippen molar-refractivity contribution in [3.8, 4) is 0 Å². The van der Waals surface area contributed by atoms with Gasteiger partial charge in [0.25, 0.3) is 5.91 Å². The largest absolute Gasteiger partial charge is 0.369 e. The Morgan fingerprint density at radius 2 is 1.81 bits per heavy atom. The number of pyridine rings is 1. The molecule has 2 aromatic rings. The first kappa shape index (κ1) is 19.4. The molecule has 0 N–H and O–H groups in total. The summed E-state index contributed by atoms with van der Waals surface area (Å²) in [5.41, 5.74) is 4.15. The summed E-state index contributed by atoms with van der Waals surface area (Å²) in [4.78, 5) is 23.8. The van der Waals surface area contributed by atoms with Crippen molar-refractivity contribution in [2.24, 2.45) is 0 Å². The van der Waals surface area contributed by atoms with E-state index in [9.17, 15) is 4.79 Å². The number of hydrogen-bond donors (Lipinski definition) is 0. The third-order valence-electron chi connectivity index (χ3n) is 5.44. The lowest BCUT2D eigenvalue weighted by Gasteiger charge is -2.34. The monoisotopic (exact) mass is 366 g/mol. The van der Waals surface area contributed by atoms with Crippen LogP contribution in [0.5, 0.6) is 0 Å². The van der Waals surface area contributed by atoms with Gasteiger partial charge in [-0.2, -0.15) is 0 Å². The van der Waals surface area contributed by atoms with Crippen LogP contribution in [0.2, 0.25) is 0 Å². The molecule has 0 spiro atoms. The van der Waals surface area contributed by atoms with Crippen LogP contribution < -0.4 is 4.90 Å². The molecule has 144 valence electrons. The maximum Gasteiger partial charge on any atom is 0.253 e. The second kappa shape index (κ2) is 8.53. The Hall–Kier alpha value is -2.40. The second-order valence-corrected chi connectivity index (χ2v) is 7.63. The minimum atomic E-state index is 0.0556. The Labute approximate surface area is 162 Å². The number of rotatable bonds is 5. The standard InChI is InChI=1S/C22H30N4O/c1-17-9-10-23-20(15-17)16-18(2)25(4)22(27)19-5-7-21(8-6-19)26-13-11-24(3)12-14-26/h5-10,15,18H,11-14,16H2,1-4H3/t18-/m0/s1. The van der Waals surface area contributed by atoms with Gasteiger partial charge in [0.1, 0.15) is 0 Å². The summed E-state index contributed by atoms with van der Waals surface area (Å²) in [6.45, 7) is 8.35. The summed E-state index contributed by atoms with van der Waals surface area (Å²) in [5.74, 6) is 0.0556. The first-order valence-electron chi connectivity index (χ1n) is 9.66. The van der Waals surface area contributed by atoms with Crippen LogP contribution in [0.4, 0.5) is 5.69 Å². The number of aryl methyl sites for hydroxylation is 1.